The van der Waals surface area contributed by atoms with E-state index in [0.717, 1.165) is 35.7 Å². The van der Waals surface area contributed by atoms with Gasteiger partial charge in [0, 0.05) is 28.8 Å². The molecule has 1 saturated heterocycles. The number of hydrogen-bond donors (Lipinski definition) is 1. The molecule has 6 heteroatoms. The predicted molar refractivity (Wildman–Crippen MR) is 116 cm³/mol. The van der Waals surface area contributed by atoms with Gasteiger partial charge in [-0.1, -0.05) is 41.9 Å². The van der Waals surface area contributed by atoms with Crippen LogP contribution in [0.1, 0.15) is 34.8 Å². The number of hydrogen-bond acceptors (Lipinski definition) is 4. The SMILES string of the molecule is CN(C)C(CNC(=O)c1ccccc1SCC1CCCO1)c1ccccc1Cl. The molecule has 0 radical (unpaired) electrons. The van der Waals surface area contributed by atoms with Crippen molar-refractivity contribution >= 4 is 29.3 Å². The zero-order chi connectivity index (χ0) is 19.9. The van der Waals surface area contributed by atoms with E-state index in [1.807, 2.05) is 62.6 Å². The largest absolute Gasteiger partial charge is 0.377 e. The Kier molecular flexibility index (Phi) is 7.80. The fraction of sp³-hybridized carbons (Fsp3) is 0.409. The lowest BCUT2D eigenvalue weighted by atomic mass is 10.1. The first kappa shape index (κ1) is 21.2. The van der Waals surface area contributed by atoms with Crippen LogP contribution in [0.5, 0.6) is 0 Å². The van der Waals surface area contributed by atoms with Crippen LogP contribution in [-0.2, 0) is 4.74 Å². The Morgan fingerprint density at radius 1 is 1.25 bits per heavy atom. The van der Waals surface area contributed by atoms with E-state index in [4.69, 9.17) is 16.3 Å². The average molecular weight is 419 g/mol. The van der Waals surface area contributed by atoms with E-state index in [1.165, 1.54) is 0 Å². The Hall–Kier alpha value is -1.53. The first-order chi connectivity index (χ1) is 13.6. The highest BCUT2D eigenvalue weighted by Gasteiger charge is 2.20. The number of halogens is 1. The van der Waals surface area contributed by atoms with E-state index in [0.29, 0.717) is 23.2 Å². The Morgan fingerprint density at radius 3 is 2.71 bits per heavy atom. The van der Waals surface area contributed by atoms with Gasteiger partial charge >= 0.3 is 0 Å². The van der Waals surface area contributed by atoms with Gasteiger partial charge in [0.15, 0.2) is 0 Å². The molecule has 150 valence electrons. The van der Waals surface area contributed by atoms with Crippen molar-refractivity contribution in [3.8, 4) is 0 Å². The van der Waals surface area contributed by atoms with Crippen molar-refractivity contribution in [3.05, 3.63) is 64.7 Å². The van der Waals surface area contributed by atoms with Gasteiger partial charge in [0.05, 0.1) is 17.7 Å². The molecule has 0 aromatic heterocycles. The molecule has 28 heavy (non-hydrogen) atoms. The third-order valence-electron chi connectivity index (χ3n) is 4.92. The van der Waals surface area contributed by atoms with Gasteiger partial charge in [0.2, 0.25) is 0 Å². The summed E-state index contributed by atoms with van der Waals surface area (Å²) >= 11 is 8.06. The number of nitrogens with one attached hydrogen (secondary N) is 1. The fourth-order valence-electron chi connectivity index (χ4n) is 3.34. The van der Waals surface area contributed by atoms with Gasteiger partial charge in [-0.05, 0) is 50.7 Å². The molecule has 2 aromatic carbocycles. The van der Waals surface area contributed by atoms with Gasteiger partial charge in [0.25, 0.3) is 5.91 Å². The number of rotatable bonds is 8. The number of benzene rings is 2. The van der Waals surface area contributed by atoms with Crippen molar-refractivity contribution < 1.29 is 9.53 Å². The molecule has 2 atom stereocenters. The Morgan fingerprint density at radius 2 is 2.00 bits per heavy atom. The minimum atomic E-state index is -0.0608. The highest BCUT2D eigenvalue weighted by Crippen LogP contribution is 2.28. The van der Waals surface area contributed by atoms with Crippen molar-refractivity contribution in [2.45, 2.75) is 29.9 Å². The maximum absolute atomic E-state index is 12.9. The van der Waals surface area contributed by atoms with Crippen molar-refractivity contribution in [1.82, 2.24) is 10.2 Å². The van der Waals surface area contributed by atoms with E-state index < -0.39 is 0 Å². The molecule has 1 fully saturated rings. The van der Waals surface area contributed by atoms with Crippen molar-refractivity contribution in [2.24, 2.45) is 0 Å². The molecule has 1 amide bonds. The van der Waals surface area contributed by atoms with Crippen LogP contribution in [0, 0.1) is 0 Å². The van der Waals surface area contributed by atoms with Crippen LogP contribution < -0.4 is 5.32 Å². The third kappa shape index (κ3) is 5.51. The second-order valence-electron chi connectivity index (χ2n) is 7.15. The quantitative estimate of drug-likeness (QED) is 0.634. The summed E-state index contributed by atoms with van der Waals surface area (Å²) in [6.07, 6.45) is 2.52. The zero-order valence-corrected chi connectivity index (χ0v) is 17.9. The maximum Gasteiger partial charge on any atom is 0.252 e. The van der Waals surface area contributed by atoms with E-state index in [1.54, 1.807) is 11.8 Å². The number of ether oxygens (including phenoxy) is 1. The number of amides is 1. The summed E-state index contributed by atoms with van der Waals surface area (Å²) in [5.41, 5.74) is 1.72. The Balaban J connectivity index is 1.66. The molecule has 2 aromatic rings. The van der Waals surface area contributed by atoms with Crippen LogP contribution in [0.3, 0.4) is 0 Å². The van der Waals surface area contributed by atoms with Crippen molar-refractivity contribution in [3.63, 3.8) is 0 Å². The molecule has 0 saturated carbocycles. The summed E-state index contributed by atoms with van der Waals surface area (Å²) in [7, 11) is 3.98. The first-order valence-electron chi connectivity index (χ1n) is 9.58. The standard InChI is InChI=1S/C22H27ClN2O2S/c1-25(2)20(17-9-3-5-11-19(17)23)14-24-22(26)18-10-4-6-12-21(18)28-15-16-8-7-13-27-16/h3-6,9-12,16,20H,7-8,13-15H2,1-2H3,(H,24,26). The van der Waals surface area contributed by atoms with E-state index in [9.17, 15) is 4.79 Å². The number of carbonyl (C=O) groups excluding carboxylic acids is 1. The second-order valence-corrected chi connectivity index (χ2v) is 8.62. The first-order valence-corrected chi connectivity index (χ1v) is 10.9. The molecule has 0 aliphatic carbocycles. The van der Waals surface area contributed by atoms with Crippen LogP contribution in [0.4, 0.5) is 0 Å². The number of thioether (sulfide) groups is 1. The van der Waals surface area contributed by atoms with Gasteiger partial charge in [-0.2, -0.15) is 0 Å². The normalized spacial score (nSPS) is 17.6. The van der Waals surface area contributed by atoms with Crippen LogP contribution >= 0.6 is 23.4 Å². The maximum atomic E-state index is 12.9. The molecule has 2 unspecified atom stereocenters. The zero-order valence-electron chi connectivity index (χ0n) is 16.4. The second kappa shape index (κ2) is 10.3. The number of carbonyl (C=O) groups is 1. The van der Waals surface area contributed by atoms with Crippen molar-refractivity contribution in [2.75, 3.05) is 33.0 Å². The van der Waals surface area contributed by atoms with Gasteiger partial charge in [-0.25, -0.2) is 0 Å². The Labute approximate surface area is 176 Å². The molecule has 4 nitrogen and oxygen atoms in total. The van der Waals surface area contributed by atoms with Gasteiger partial charge < -0.3 is 15.0 Å². The third-order valence-corrected chi connectivity index (χ3v) is 6.47. The monoisotopic (exact) mass is 418 g/mol. The van der Waals surface area contributed by atoms with Crippen LogP contribution in [0.25, 0.3) is 0 Å². The van der Waals surface area contributed by atoms with E-state index in [2.05, 4.69) is 10.2 Å². The van der Waals surface area contributed by atoms with E-state index in [-0.39, 0.29) is 11.9 Å². The molecule has 1 heterocycles. The van der Waals surface area contributed by atoms with Crippen LogP contribution in [-0.4, -0.2) is 49.9 Å². The highest BCUT2D eigenvalue weighted by molar-refractivity contribution is 7.99. The van der Waals surface area contributed by atoms with Crippen molar-refractivity contribution in [1.29, 1.82) is 0 Å². The highest BCUT2D eigenvalue weighted by atomic mass is 35.5. The molecule has 1 N–H and O–H groups in total. The van der Waals surface area contributed by atoms with Crippen LogP contribution in [0.2, 0.25) is 5.02 Å². The summed E-state index contributed by atoms with van der Waals surface area (Å²) in [4.78, 5) is 16.0. The summed E-state index contributed by atoms with van der Waals surface area (Å²) in [6.45, 7) is 1.33. The minimum absolute atomic E-state index is 0.00403. The molecule has 0 bridgehead atoms. The smallest absolute Gasteiger partial charge is 0.252 e. The molecular weight excluding hydrogens is 392 g/mol. The predicted octanol–water partition coefficient (Wildman–Crippen LogP) is 4.64. The minimum Gasteiger partial charge on any atom is -0.377 e. The lowest BCUT2D eigenvalue weighted by Crippen LogP contribution is -2.35. The van der Waals surface area contributed by atoms with Gasteiger partial charge in [-0.15, -0.1) is 11.8 Å². The summed E-state index contributed by atoms with van der Waals surface area (Å²) in [6, 6.07) is 15.5. The average Bonchev–Trinajstić information content (AvgIpc) is 3.21. The van der Waals surface area contributed by atoms with E-state index >= 15 is 0 Å². The molecule has 1 aliphatic rings. The lowest BCUT2D eigenvalue weighted by molar-refractivity contribution is 0.0938. The lowest BCUT2D eigenvalue weighted by Gasteiger charge is -2.26. The summed E-state index contributed by atoms with van der Waals surface area (Å²) in [5, 5.41) is 3.80. The molecular formula is C22H27ClN2O2S. The van der Waals surface area contributed by atoms with Gasteiger partial charge in [0.1, 0.15) is 0 Å². The molecule has 0 spiro atoms. The van der Waals surface area contributed by atoms with Crippen LogP contribution in [0.15, 0.2) is 53.4 Å². The fourth-order valence-corrected chi connectivity index (χ4v) is 4.72. The number of nitrogens with zero attached hydrogens (tertiary/aromatic N) is 1. The molecule has 3 rings (SSSR count). The topological polar surface area (TPSA) is 41.6 Å². The summed E-state index contributed by atoms with van der Waals surface area (Å²) in [5.74, 6) is 0.818. The molecule has 1 aliphatic heterocycles. The van der Waals surface area contributed by atoms with Gasteiger partial charge in [-0.3, -0.25) is 4.79 Å². The summed E-state index contributed by atoms with van der Waals surface area (Å²) < 4.78 is 5.70. The Bertz CT molecular complexity index is 794. The number of likely N-dealkylation sites (N-methyl/N-ethyl adjacent to an activating group) is 1.